The Balaban J connectivity index is 2.88. The maximum atomic E-state index is 13.0. The highest BCUT2D eigenvalue weighted by molar-refractivity contribution is 5.94. The summed E-state index contributed by atoms with van der Waals surface area (Å²) in [5.74, 6) is -3.57. The number of carboxylic acids is 1. The van der Waals surface area contributed by atoms with Gasteiger partial charge in [-0.25, -0.2) is 4.79 Å². The number of unbranched alkanes of at least 4 members (excludes halogenated alkanes) is 1. The van der Waals surface area contributed by atoms with Crippen molar-refractivity contribution in [2.24, 2.45) is 17.4 Å². The molecule has 0 saturated carbocycles. The van der Waals surface area contributed by atoms with E-state index >= 15 is 0 Å². The molecule has 190 valence electrons. The molecule has 4 atom stereocenters. The summed E-state index contributed by atoms with van der Waals surface area (Å²) in [7, 11) is 0. The number of carbonyl (C=O) groups excluding carboxylic acids is 3. The zero-order valence-electron chi connectivity index (χ0n) is 19.7. The van der Waals surface area contributed by atoms with Gasteiger partial charge in [0, 0.05) is 0 Å². The van der Waals surface area contributed by atoms with Crippen molar-refractivity contribution in [3.8, 4) is 0 Å². The van der Waals surface area contributed by atoms with Crippen molar-refractivity contribution >= 4 is 23.7 Å². The molecular weight excluding hydrogens is 442 g/mol. The minimum atomic E-state index is -1.50. The average Bonchev–Trinajstić information content (AvgIpc) is 2.80. The van der Waals surface area contributed by atoms with Gasteiger partial charge in [0.25, 0.3) is 0 Å². The lowest BCUT2D eigenvalue weighted by Gasteiger charge is -2.27. The highest BCUT2D eigenvalue weighted by Crippen LogP contribution is 2.08. The van der Waals surface area contributed by atoms with Crippen LogP contribution in [0.15, 0.2) is 30.3 Å². The fourth-order valence-electron chi connectivity index (χ4n) is 3.24. The molecule has 0 saturated heterocycles. The average molecular weight is 480 g/mol. The van der Waals surface area contributed by atoms with Gasteiger partial charge < -0.3 is 37.6 Å². The van der Waals surface area contributed by atoms with Crippen molar-refractivity contribution in [1.29, 1.82) is 0 Å². The second-order valence-corrected chi connectivity index (χ2v) is 8.45. The van der Waals surface area contributed by atoms with Crippen LogP contribution in [0.5, 0.6) is 0 Å². The Hall–Kier alpha value is -3.02. The van der Waals surface area contributed by atoms with Gasteiger partial charge in [0.1, 0.15) is 18.1 Å². The Bertz CT molecular complexity index is 804. The van der Waals surface area contributed by atoms with Gasteiger partial charge in [-0.05, 0) is 43.7 Å². The van der Waals surface area contributed by atoms with E-state index in [1.165, 1.54) is 0 Å². The lowest BCUT2D eigenvalue weighted by molar-refractivity contribution is -0.143. The summed E-state index contributed by atoms with van der Waals surface area (Å²) in [6, 6.07) is 4.82. The Morgan fingerprint density at radius 3 is 2.06 bits per heavy atom. The highest BCUT2D eigenvalue weighted by atomic mass is 16.4. The topological polar surface area (TPSA) is 197 Å². The van der Waals surface area contributed by atoms with Crippen LogP contribution in [-0.4, -0.2) is 71.2 Å². The van der Waals surface area contributed by atoms with Crippen LogP contribution in [0, 0.1) is 5.92 Å². The molecule has 9 N–H and O–H groups in total. The number of hydrogen-bond donors (Lipinski definition) is 7. The minimum absolute atomic E-state index is 0.207. The SMILES string of the molecule is CC(C)C(NC(=O)C(N)Cc1ccccc1)C(=O)NC(CCCCN)C(=O)NC(CO)C(=O)O. The summed E-state index contributed by atoms with van der Waals surface area (Å²) in [4.78, 5) is 49.4. The Labute approximate surface area is 199 Å². The summed E-state index contributed by atoms with van der Waals surface area (Å²) in [6.45, 7) is 3.07. The summed E-state index contributed by atoms with van der Waals surface area (Å²) in [6.07, 6.45) is 1.60. The van der Waals surface area contributed by atoms with Crippen LogP contribution in [0.2, 0.25) is 0 Å². The Morgan fingerprint density at radius 1 is 0.912 bits per heavy atom. The van der Waals surface area contributed by atoms with Crippen molar-refractivity contribution < 1.29 is 29.4 Å². The van der Waals surface area contributed by atoms with E-state index in [4.69, 9.17) is 16.6 Å². The van der Waals surface area contributed by atoms with E-state index in [-0.39, 0.29) is 12.3 Å². The first kappa shape index (κ1) is 29.0. The summed E-state index contributed by atoms with van der Waals surface area (Å²) < 4.78 is 0. The molecular formula is C23H37N5O6. The van der Waals surface area contributed by atoms with Crippen LogP contribution in [-0.2, 0) is 25.6 Å². The zero-order valence-corrected chi connectivity index (χ0v) is 19.7. The van der Waals surface area contributed by atoms with Crippen LogP contribution >= 0.6 is 0 Å². The number of nitrogens with two attached hydrogens (primary N) is 2. The van der Waals surface area contributed by atoms with Gasteiger partial charge in [0.2, 0.25) is 17.7 Å². The quantitative estimate of drug-likeness (QED) is 0.153. The fourth-order valence-corrected chi connectivity index (χ4v) is 3.24. The lowest BCUT2D eigenvalue weighted by atomic mass is 10.00. The van der Waals surface area contributed by atoms with Gasteiger partial charge in [-0.3, -0.25) is 14.4 Å². The first-order valence-corrected chi connectivity index (χ1v) is 11.3. The lowest BCUT2D eigenvalue weighted by Crippen LogP contribution is -2.58. The van der Waals surface area contributed by atoms with Gasteiger partial charge in [0.05, 0.1) is 12.6 Å². The molecule has 0 aliphatic carbocycles. The number of nitrogens with one attached hydrogen (secondary N) is 3. The highest BCUT2D eigenvalue weighted by Gasteiger charge is 2.31. The van der Waals surface area contributed by atoms with Crippen LogP contribution < -0.4 is 27.4 Å². The molecule has 0 radical (unpaired) electrons. The third-order valence-electron chi connectivity index (χ3n) is 5.26. The van der Waals surface area contributed by atoms with E-state index < -0.39 is 54.5 Å². The van der Waals surface area contributed by atoms with Gasteiger partial charge in [-0.15, -0.1) is 0 Å². The van der Waals surface area contributed by atoms with Crippen LogP contribution in [0.4, 0.5) is 0 Å². The van der Waals surface area contributed by atoms with E-state index in [0.717, 1.165) is 5.56 Å². The molecule has 0 aliphatic rings. The summed E-state index contributed by atoms with van der Waals surface area (Å²) in [5.41, 5.74) is 12.4. The van der Waals surface area contributed by atoms with Crippen molar-refractivity contribution in [3.63, 3.8) is 0 Å². The van der Waals surface area contributed by atoms with E-state index in [1.807, 2.05) is 30.3 Å². The van der Waals surface area contributed by atoms with Gasteiger partial charge in [-0.1, -0.05) is 44.2 Å². The van der Waals surface area contributed by atoms with Gasteiger partial charge in [-0.2, -0.15) is 0 Å². The fraction of sp³-hybridized carbons (Fsp3) is 0.565. The number of rotatable bonds is 15. The molecule has 11 heteroatoms. The molecule has 0 aliphatic heterocycles. The van der Waals surface area contributed by atoms with Crippen LogP contribution in [0.3, 0.4) is 0 Å². The van der Waals surface area contributed by atoms with Crippen LogP contribution in [0.1, 0.15) is 38.7 Å². The second-order valence-electron chi connectivity index (χ2n) is 8.45. The molecule has 3 amide bonds. The molecule has 1 rings (SSSR count). The van der Waals surface area contributed by atoms with E-state index in [2.05, 4.69) is 16.0 Å². The number of aliphatic carboxylic acids is 1. The van der Waals surface area contributed by atoms with Gasteiger partial charge in [0.15, 0.2) is 0 Å². The molecule has 11 nitrogen and oxygen atoms in total. The van der Waals surface area contributed by atoms with Gasteiger partial charge >= 0.3 is 5.97 Å². The monoisotopic (exact) mass is 479 g/mol. The Kier molecular flexibility index (Phi) is 12.8. The molecule has 34 heavy (non-hydrogen) atoms. The molecule has 0 spiro atoms. The molecule has 1 aromatic rings. The number of hydrogen-bond acceptors (Lipinski definition) is 7. The molecule has 0 fully saturated rings. The predicted octanol–water partition coefficient (Wildman–Crippen LogP) is -1.13. The number of amides is 3. The number of carbonyl (C=O) groups is 4. The maximum Gasteiger partial charge on any atom is 0.328 e. The van der Waals surface area contributed by atoms with E-state index in [0.29, 0.717) is 25.8 Å². The van der Waals surface area contributed by atoms with Crippen molar-refractivity contribution in [1.82, 2.24) is 16.0 Å². The number of aliphatic hydroxyl groups excluding tert-OH is 1. The standard InChI is InChI=1S/C23H37N5O6/c1-14(2)19(28-20(30)16(25)12-15-8-4-3-5-9-15)22(32)26-17(10-6-7-11-24)21(31)27-18(13-29)23(33)34/h3-5,8-9,14,16-19,29H,6-7,10-13,24-25H2,1-2H3,(H,26,32)(H,27,31)(H,28,30)(H,33,34). The maximum absolute atomic E-state index is 13.0. The van der Waals surface area contributed by atoms with E-state index in [9.17, 15) is 24.3 Å². The number of benzene rings is 1. The third-order valence-corrected chi connectivity index (χ3v) is 5.26. The molecule has 1 aromatic carbocycles. The largest absolute Gasteiger partial charge is 0.480 e. The zero-order chi connectivity index (χ0) is 25.7. The minimum Gasteiger partial charge on any atom is -0.480 e. The molecule has 0 bridgehead atoms. The number of carboxylic acid groups (broad SMARTS) is 1. The first-order chi connectivity index (χ1) is 16.1. The van der Waals surface area contributed by atoms with E-state index in [1.54, 1.807) is 13.8 Å². The molecule has 0 heterocycles. The first-order valence-electron chi connectivity index (χ1n) is 11.3. The van der Waals surface area contributed by atoms with Crippen molar-refractivity contribution in [2.75, 3.05) is 13.2 Å². The third kappa shape index (κ3) is 9.86. The van der Waals surface area contributed by atoms with Crippen molar-refractivity contribution in [2.45, 2.75) is 63.7 Å². The van der Waals surface area contributed by atoms with Crippen LogP contribution in [0.25, 0.3) is 0 Å². The second kappa shape index (κ2) is 15.0. The van der Waals surface area contributed by atoms with Crippen molar-refractivity contribution in [3.05, 3.63) is 35.9 Å². The molecule has 4 unspecified atom stereocenters. The summed E-state index contributed by atoms with van der Waals surface area (Å²) in [5, 5.41) is 25.7. The predicted molar refractivity (Wildman–Crippen MR) is 126 cm³/mol. The molecule has 0 aromatic heterocycles. The summed E-state index contributed by atoms with van der Waals surface area (Å²) >= 11 is 0. The smallest absolute Gasteiger partial charge is 0.328 e. The normalized spacial score (nSPS) is 14.5. The Morgan fingerprint density at radius 2 is 1.53 bits per heavy atom. The number of aliphatic hydroxyl groups is 1.